The summed E-state index contributed by atoms with van der Waals surface area (Å²) in [5.41, 5.74) is 4.45. The first kappa shape index (κ1) is 12.4. The molecule has 1 aromatic carbocycles. The summed E-state index contributed by atoms with van der Waals surface area (Å²) in [4.78, 5) is 4.26. The molecule has 0 saturated carbocycles. The topological polar surface area (TPSA) is 34.1 Å². The van der Waals surface area contributed by atoms with Gasteiger partial charge in [0.25, 0.3) is 0 Å². The van der Waals surface area contributed by atoms with Gasteiger partial charge in [-0.25, -0.2) is 0 Å². The molecule has 1 aromatic heterocycles. The highest BCUT2D eigenvalue weighted by Crippen LogP contribution is 2.21. The van der Waals surface area contributed by atoms with Crippen molar-refractivity contribution in [1.29, 1.82) is 0 Å². The van der Waals surface area contributed by atoms with E-state index in [9.17, 15) is 0 Å². The number of anilines is 1. The van der Waals surface area contributed by atoms with Gasteiger partial charge in [0, 0.05) is 18.3 Å². The number of aromatic nitrogens is 1. The minimum atomic E-state index is 0.734. The molecule has 0 aliphatic rings. The molecule has 0 fully saturated rings. The molecule has 3 nitrogen and oxygen atoms in total. The number of rotatable bonds is 4. The van der Waals surface area contributed by atoms with Gasteiger partial charge in [-0.2, -0.15) is 0 Å². The maximum Gasteiger partial charge on any atom is 0.123 e. The second-order valence-electron chi connectivity index (χ2n) is 4.31. The molecule has 0 unspecified atom stereocenters. The molecule has 18 heavy (non-hydrogen) atoms. The van der Waals surface area contributed by atoms with Gasteiger partial charge in [-0.1, -0.05) is 17.7 Å². The van der Waals surface area contributed by atoms with Crippen molar-refractivity contribution in [2.45, 2.75) is 20.4 Å². The molecule has 0 spiro atoms. The second kappa shape index (κ2) is 5.54. The van der Waals surface area contributed by atoms with Gasteiger partial charge < -0.3 is 10.1 Å². The quantitative estimate of drug-likeness (QED) is 0.893. The van der Waals surface area contributed by atoms with Crippen molar-refractivity contribution in [2.75, 3.05) is 12.4 Å². The van der Waals surface area contributed by atoms with Crippen molar-refractivity contribution >= 4 is 5.69 Å². The summed E-state index contributed by atoms with van der Waals surface area (Å²) in [6.07, 6.45) is 1.80. The molecule has 2 rings (SSSR count). The van der Waals surface area contributed by atoms with Gasteiger partial charge in [-0.15, -0.1) is 0 Å². The van der Waals surface area contributed by atoms with E-state index in [1.54, 1.807) is 13.3 Å². The van der Waals surface area contributed by atoms with E-state index in [2.05, 4.69) is 29.4 Å². The summed E-state index contributed by atoms with van der Waals surface area (Å²) >= 11 is 0. The maximum atomic E-state index is 5.36. The largest absolute Gasteiger partial charge is 0.496 e. The second-order valence-corrected chi connectivity index (χ2v) is 4.31. The lowest BCUT2D eigenvalue weighted by atomic mass is 10.1. The van der Waals surface area contributed by atoms with Gasteiger partial charge >= 0.3 is 0 Å². The third-order valence-corrected chi connectivity index (χ3v) is 2.91. The lowest BCUT2D eigenvalue weighted by Crippen LogP contribution is -2.03. The fourth-order valence-corrected chi connectivity index (χ4v) is 1.91. The van der Waals surface area contributed by atoms with Crippen LogP contribution in [0.4, 0.5) is 5.69 Å². The SMILES string of the molecule is COc1ccc(C)cc1CNc1cccnc1C. The van der Waals surface area contributed by atoms with Gasteiger partial charge in [-0.3, -0.25) is 4.98 Å². The van der Waals surface area contributed by atoms with Crippen molar-refractivity contribution in [3.8, 4) is 5.75 Å². The standard InChI is InChI=1S/C15H18N2O/c1-11-6-7-15(18-3)13(9-11)10-17-14-5-4-8-16-12(14)2/h4-9,17H,10H2,1-3H3. The molecule has 3 heteroatoms. The Bertz CT molecular complexity index is 538. The molecule has 0 aliphatic heterocycles. The minimum Gasteiger partial charge on any atom is -0.496 e. The molecule has 0 radical (unpaired) electrons. The third kappa shape index (κ3) is 2.80. The van der Waals surface area contributed by atoms with Crippen molar-refractivity contribution in [2.24, 2.45) is 0 Å². The zero-order valence-electron chi connectivity index (χ0n) is 11.0. The van der Waals surface area contributed by atoms with E-state index in [0.717, 1.165) is 29.2 Å². The summed E-state index contributed by atoms with van der Waals surface area (Å²) in [5, 5.41) is 3.39. The Kier molecular flexibility index (Phi) is 3.82. The van der Waals surface area contributed by atoms with Gasteiger partial charge in [0.1, 0.15) is 5.75 Å². The Morgan fingerprint density at radius 1 is 1.22 bits per heavy atom. The van der Waals surface area contributed by atoms with Crippen LogP contribution in [0.1, 0.15) is 16.8 Å². The average Bonchev–Trinajstić information content (AvgIpc) is 2.38. The zero-order chi connectivity index (χ0) is 13.0. The molecular formula is C15H18N2O. The van der Waals surface area contributed by atoms with Gasteiger partial charge in [0.2, 0.25) is 0 Å². The molecule has 94 valence electrons. The monoisotopic (exact) mass is 242 g/mol. The maximum absolute atomic E-state index is 5.36. The van der Waals surface area contributed by atoms with E-state index >= 15 is 0 Å². The Morgan fingerprint density at radius 3 is 2.78 bits per heavy atom. The number of hydrogen-bond acceptors (Lipinski definition) is 3. The number of methoxy groups -OCH3 is 1. The van der Waals surface area contributed by atoms with Gasteiger partial charge in [0.05, 0.1) is 18.5 Å². The van der Waals surface area contributed by atoms with Crippen LogP contribution in [-0.4, -0.2) is 12.1 Å². The number of nitrogens with zero attached hydrogens (tertiary/aromatic N) is 1. The highest BCUT2D eigenvalue weighted by molar-refractivity contribution is 5.48. The smallest absolute Gasteiger partial charge is 0.123 e. The number of pyridine rings is 1. The first-order valence-electron chi connectivity index (χ1n) is 5.99. The number of nitrogens with one attached hydrogen (secondary N) is 1. The third-order valence-electron chi connectivity index (χ3n) is 2.91. The summed E-state index contributed by atoms with van der Waals surface area (Å²) in [7, 11) is 1.70. The van der Waals surface area contributed by atoms with Crippen molar-refractivity contribution in [1.82, 2.24) is 4.98 Å². The summed E-state index contributed by atoms with van der Waals surface area (Å²) in [6.45, 7) is 4.81. The normalized spacial score (nSPS) is 10.2. The predicted octanol–water partition coefficient (Wildman–Crippen LogP) is 3.32. The summed E-state index contributed by atoms with van der Waals surface area (Å²) in [6, 6.07) is 10.2. The van der Waals surface area contributed by atoms with Crippen molar-refractivity contribution < 1.29 is 4.74 Å². The highest BCUT2D eigenvalue weighted by atomic mass is 16.5. The zero-order valence-corrected chi connectivity index (χ0v) is 11.0. The number of ether oxygens (including phenoxy) is 1. The molecule has 1 N–H and O–H groups in total. The Balaban J connectivity index is 2.15. The Morgan fingerprint density at radius 2 is 2.06 bits per heavy atom. The van der Waals surface area contributed by atoms with E-state index in [1.807, 2.05) is 25.1 Å². The first-order chi connectivity index (χ1) is 8.70. The minimum absolute atomic E-state index is 0.734. The van der Waals surface area contributed by atoms with Gasteiger partial charge in [0.15, 0.2) is 0 Å². The number of hydrogen-bond donors (Lipinski definition) is 1. The van der Waals surface area contributed by atoms with Crippen LogP contribution in [0.2, 0.25) is 0 Å². The summed E-state index contributed by atoms with van der Waals surface area (Å²) < 4.78 is 5.36. The molecule has 2 aromatic rings. The van der Waals surface area contributed by atoms with Crippen LogP contribution in [-0.2, 0) is 6.54 Å². The molecule has 1 heterocycles. The van der Waals surface area contributed by atoms with E-state index in [0.29, 0.717) is 0 Å². The van der Waals surface area contributed by atoms with E-state index in [-0.39, 0.29) is 0 Å². The number of benzene rings is 1. The van der Waals surface area contributed by atoms with Crippen molar-refractivity contribution in [3.05, 3.63) is 53.3 Å². The molecule has 0 amide bonds. The Hall–Kier alpha value is -2.03. The fourth-order valence-electron chi connectivity index (χ4n) is 1.91. The molecule has 0 saturated heterocycles. The number of aryl methyl sites for hydroxylation is 2. The Labute approximate surface area is 108 Å². The first-order valence-corrected chi connectivity index (χ1v) is 5.99. The molecular weight excluding hydrogens is 224 g/mol. The molecule has 0 aliphatic carbocycles. The van der Waals surface area contributed by atoms with Crippen LogP contribution >= 0.6 is 0 Å². The lowest BCUT2D eigenvalue weighted by Gasteiger charge is -2.12. The predicted molar refractivity (Wildman–Crippen MR) is 74.0 cm³/mol. The van der Waals surface area contributed by atoms with Gasteiger partial charge in [-0.05, 0) is 32.0 Å². The van der Waals surface area contributed by atoms with E-state index in [4.69, 9.17) is 4.74 Å². The van der Waals surface area contributed by atoms with Crippen LogP contribution in [0.5, 0.6) is 5.75 Å². The van der Waals surface area contributed by atoms with Crippen LogP contribution in [0.25, 0.3) is 0 Å². The van der Waals surface area contributed by atoms with Crippen LogP contribution in [0, 0.1) is 13.8 Å². The fraction of sp³-hybridized carbons (Fsp3) is 0.267. The van der Waals surface area contributed by atoms with E-state index in [1.165, 1.54) is 5.56 Å². The molecule has 0 bridgehead atoms. The lowest BCUT2D eigenvalue weighted by molar-refractivity contribution is 0.410. The van der Waals surface area contributed by atoms with Crippen LogP contribution < -0.4 is 10.1 Å². The molecule has 0 atom stereocenters. The highest BCUT2D eigenvalue weighted by Gasteiger charge is 2.04. The van der Waals surface area contributed by atoms with E-state index < -0.39 is 0 Å². The summed E-state index contributed by atoms with van der Waals surface area (Å²) in [5.74, 6) is 0.912. The van der Waals surface area contributed by atoms with Crippen LogP contribution in [0.15, 0.2) is 36.5 Å². The van der Waals surface area contributed by atoms with Crippen LogP contribution in [0.3, 0.4) is 0 Å². The van der Waals surface area contributed by atoms with Crippen molar-refractivity contribution in [3.63, 3.8) is 0 Å². The average molecular weight is 242 g/mol.